The van der Waals surface area contributed by atoms with Crippen LogP contribution in [-0.4, -0.2) is 27.2 Å². The zero-order valence-corrected chi connectivity index (χ0v) is 9.60. The zero-order valence-electron chi connectivity index (χ0n) is 9.60. The van der Waals surface area contributed by atoms with Gasteiger partial charge in [0.15, 0.2) is 0 Å². The summed E-state index contributed by atoms with van der Waals surface area (Å²) in [6.45, 7) is 0. The first-order valence-electron chi connectivity index (χ1n) is 5.01. The van der Waals surface area contributed by atoms with E-state index in [1.165, 1.54) is 13.2 Å². The van der Waals surface area contributed by atoms with Gasteiger partial charge in [-0.1, -0.05) is 12.1 Å². The van der Waals surface area contributed by atoms with E-state index in [0.29, 0.717) is 0 Å². The normalized spacial score (nSPS) is 13.8. The van der Waals surface area contributed by atoms with Gasteiger partial charge in [0, 0.05) is 14.1 Å². The Morgan fingerprint density at radius 1 is 1.19 bits per heavy atom. The van der Waals surface area contributed by atoms with Gasteiger partial charge in [0.1, 0.15) is 5.82 Å². The first-order valence-corrected chi connectivity index (χ1v) is 5.01. The van der Waals surface area contributed by atoms with E-state index in [2.05, 4.69) is 4.74 Å². The average molecular weight is 218 g/mol. The van der Waals surface area contributed by atoms with E-state index < -0.39 is 0 Å². The van der Waals surface area contributed by atoms with Crippen molar-refractivity contribution in [1.29, 1.82) is 0 Å². The predicted octanol–water partition coefficient (Wildman–Crippen LogP) is 1.59. The number of nitrogens with zero attached hydrogens (tertiary/aromatic N) is 2. The Kier molecular flexibility index (Phi) is 2.56. The SMILES string of the molecule is COC(=O)C=C1N(C)c2ccccc2N1C. The number of hydrogen-bond donors (Lipinski definition) is 0. The van der Waals surface area contributed by atoms with E-state index in [-0.39, 0.29) is 5.97 Å². The molecule has 0 atom stereocenters. The van der Waals surface area contributed by atoms with Crippen LogP contribution in [0.5, 0.6) is 0 Å². The number of methoxy groups -OCH3 is 1. The standard InChI is InChI=1S/C12H14N2O2/c1-13-9-6-4-5-7-10(9)14(2)11(13)8-12(15)16-3/h4-8H,1-3H3. The molecule has 1 aromatic carbocycles. The van der Waals surface area contributed by atoms with Gasteiger partial charge >= 0.3 is 5.97 Å². The average Bonchev–Trinajstić information content (AvgIpc) is 2.55. The Bertz CT molecular complexity index is 423. The molecule has 1 heterocycles. The van der Waals surface area contributed by atoms with Crippen molar-refractivity contribution in [2.45, 2.75) is 0 Å². The lowest BCUT2D eigenvalue weighted by molar-refractivity contribution is -0.134. The molecule has 1 aliphatic rings. The molecule has 0 aliphatic carbocycles. The van der Waals surface area contributed by atoms with Crippen LogP contribution >= 0.6 is 0 Å². The number of esters is 1. The highest BCUT2D eigenvalue weighted by Crippen LogP contribution is 2.38. The Morgan fingerprint density at radius 2 is 1.69 bits per heavy atom. The van der Waals surface area contributed by atoms with Crippen LogP contribution in [-0.2, 0) is 9.53 Å². The van der Waals surface area contributed by atoms with Gasteiger partial charge in [-0.2, -0.15) is 0 Å². The van der Waals surface area contributed by atoms with Crippen molar-refractivity contribution >= 4 is 17.3 Å². The third-order valence-electron chi connectivity index (χ3n) is 2.74. The first kappa shape index (κ1) is 10.5. The van der Waals surface area contributed by atoms with E-state index in [0.717, 1.165) is 17.2 Å². The van der Waals surface area contributed by atoms with Crippen molar-refractivity contribution < 1.29 is 9.53 Å². The van der Waals surface area contributed by atoms with E-state index in [1.54, 1.807) is 0 Å². The smallest absolute Gasteiger partial charge is 0.334 e. The van der Waals surface area contributed by atoms with Gasteiger partial charge in [-0.05, 0) is 12.1 Å². The summed E-state index contributed by atoms with van der Waals surface area (Å²) >= 11 is 0. The molecule has 2 rings (SSSR count). The molecular weight excluding hydrogens is 204 g/mol. The van der Waals surface area contributed by atoms with Crippen molar-refractivity contribution in [1.82, 2.24) is 0 Å². The van der Waals surface area contributed by atoms with Crippen LogP contribution in [0.15, 0.2) is 36.2 Å². The molecule has 84 valence electrons. The number of carbonyl (C=O) groups is 1. The van der Waals surface area contributed by atoms with Crippen LogP contribution in [0.3, 0.4) is 0 Å². The summed E-state index contributed by atoms with van der Waals surface area (Å²) in [5.41, 5.74) is 2.17. The summed E-state index contributed by atoms with van der Waals surface area (Å²) in [6.07, 6.45) is 1.49. The Morgan fingerprint density at radius 3 is 2.12 bits per heavy atom. The first-order chi connectivity index (χ1) is 7.65. The largest absolute Gasteiger partial charge is 0.466 e. The molecule has 0 saturated heterocycles. The fourth-order valence-corrected chi connectivity index (χ4v) is 1.86. The topological polar surface area (TPSA) is 32.8 Å². The molecule has 1 aromatic rings. The minimum Gasteiger partial charge on any atom is -0.466 e. The minimum absolute atomic E-state index is 0.346. The fourth-order valence-electron chi connectivity index (χ4n) is 1.86. The monoisotopic (exact) mass is 218 g/mol. The lowest BCUT2D eigenvalue weighted by atomic mass is 10.3. The highest BCUT2D eigenvalue weighted by atomic mass is 16.5. The van der Waals surface area contributed by atoms with Gasteiger partial charge < -0.3 is 14.5 Å². The number of anilines is 2. The van der Waals surface area contributed by atoms with Crippen molar-refractivity contribution in [3.05, 3.63) is 36.2 Å². The second-order valence-electron chi connectivity index (χ2n) is 3.63. The van der Waals surface area contributed by atoms with E-state index in [9.17, 15) is 4.79 Å². The van der Waals surface area contributed by atoms with E-state index in [4.69, 9.17) is 0 Å². The molecular formula is C12H14N2O2. The van der Waals surface area contributed by atoms with Crippen molar-refractivity contribution in [2.24, 2.45) is 0 Å². The molecule has 0 unspecified atom stereocenters. The predicted molar refractivity (Wildman–Crippen MR) is 63.3 cm³/mol. The summed E-state index contributed by atoms with van der Waals surface area (Å²) < 4.78 is 4.64. The molecule has 0 saturated carbocycles. The van der Waals surface area contributed by atoms with Crippen molar-refractivity contribution in [3.8, 4) is 0 Å². The molecule has 0 N–H and O–H groups in total. The van der Waals surface area contributed by atoms with Crippen LogP contribution in [0.25, 0.3) is 0 Å². The Labute approximate surface area is 94.7 Å². The van der Waals surface area contributed by atoms with Gasteiger partial charge in [0.25, 0.3) is 0 Å². The second-order valence-corrected chi connectivity index (χ2v) is 3.63. The summed E-state index contributed by atoms with van der Waals surface area (Å²) in [4.78, 5) is 15.2. The molecule has 4 heteroatoms. The minimum atomic E-state index is -0.346. The maximum absolute atomic E-state index is 11.3. The highest BCUT2D eigenvalue weighted by Gasteiger charge is 2.26. The summed E-state index contributed by atoms with van der Waals surface area (Å²) in [6, 6.07) is 7.99. The second kappa shape index (κ2) is 3.89. The third kappa shape index (κ3) is 1.52. The number of carbonyl (C=O) groups excluding carboxylic acids is 1. The lowest BCUT2D eigenvalue weighted by Crippen LogP contribution is -2.23. The number of rotatable bonds is 1. The van der Waals surface area contributed by atoms with Crippen LogP contribution in [0.2, 0.25) is 0 Å². The van der Waals surface area contributed by atoms with Gasteiger partial charge in [-0.25, -0.2) is 4.79 Å². The summed E-state index contributed by atoms with van der Waals surface area (Å²) in [7, 11) is 5.23. The summed E-state index contributed by atoms with van der Waals surface area (Å²) in [5.74, 6) is 0.467. The number of hydrogen-bond acceptors (Lipinski definition) is 4. The molecule has 0 radical (unpaired) electrons. The Balaban J connectivity index is 2.42. The molecule has 16 heavy (non-hydrogen) atoms. The van der Waals surface area contributed by atoms with Crippen LogP contribution < -0.4 is 9.80 Å². The highest BCUT2D eigenvalue weighted by molar-refractivity contribution is 5.89. The fraction of sp³-hybridized carbons (Fsp3) is 0.250. The molecule has 0 spiro atoms. The molecule has 4 nitrogen and oxygen atoms in total. The number of fused-ring (bicyclic) bond motifs is 1. The third-order valence-corrected chi connectivity index (χ3v) is 2.74. The quantitative estimate of drug-likeness (QED) is 0.529. The van der Waals surface area contributed by atoms with E-state index in [1.807, 2.05) is 48.2 Å². The molecule has 0 fully saturated rings. The van der Waals surface area contributed by atoms with Gasteiger partial charge in [-0.15, -0.1) is 0 Å². The van der Waals surface area contributed by atoms with Gasteiger partial charge in [-0.3, -0.25) is 0 Å². The van der Waals surface area contributed by atoms with E-state index >= 15 is 0 Å². The maximum atomic E-state index is 11.3. The number of para-hydroxylation sites is 2. The maximum Gasteiger partial charge on any atom is 0.334 e. The number of ether oxygens (including phenoxy) is 1. The van der Waals surface area contributed by atoms with Crippen LogP contribution in [0, 0.1) is 0 Å². The molecule has 1 aliphatic heterocycles. The molecule has 0 amide bonds. The van der Waals surface area contributed by atoms with Gasteiger partial charge in [0.2, 0.25) is 0 Å². The van der Waals surface area contributed by atoms with Crippen LogP contribution in [0.1, 0.15) is 0 Å². The van der Waals surface area contributed by atoms with Crippen molar-refractivity contribution in [3.63, 3.8) is 0 Å². The Hall–Kier alpha value is -1.97. The van der Waals surface area contributed by atoms with Crippen LogP contribution in [0.4, 0.5) is 11.4 Å². The van der Waals surface area contributed by atoms with Gasteiger partial charge in [0.05, 0.1) is 24.6 Å². The zero-order chi connectivity index (χ0) is 11.7. The number of benzene rings is 1. The molecule has 0 bridgehead atoms. The summed E-state index contributed by atoms with van der Waals surface area (Å²) in [5, 5.41) is 0. The van der Waals surface area contributed by atoms with Crippen molar-refractivity contribution in [2.75, 3.05) is 31.0 Å². The molecule has 0 aromatic heterocycles. The lowest BCUT2D eigenvalue weighted by Gasteiger charge is -2.17.